The van der Waals surface area contributed by atoms with Gasteiger partial charge >= 0.3 is 0 Å². The lowest BCUT2D eigenvalue weighted by Gasteiger charge is -2.12. The van der Waals surface area contributed by atoms with Crippen LogP contribution >= 0.6 is 0 Å². The Bertz CT molecular complexity index is 1140. The Morgan fingerprint density at radius 3 is 1.84 bits per heavy atom. The lowest BCUT2D eigenvalue weighted by atomic mass is 9.96. The van der Waals surface area contributed by atoms with Crippen molar-refractivity contribution in [2.75, 3.05) is 21.3 Å². The van der Waals surface area contributed by atoms with Crippen LogP contribution in [0.4, 0.5) is 0 Å². The standard InChI is InChI=1S/C24H23N.C2H6O.CH2O2.CH4O.2CH2O/c1-3-7-18-12-15-20-21-8-5-6-9-23(21)25-24(22(20)16-18)19-13-10-17(4-2)11-14-19;1-3-2;2-1-3;3*1-2/h5-6,8-16H,3-4,7H2,1-2H3;1-2H3;1H,(H,2,3);2H,1H3;2*1H2. The summed E-state index contributed by atoms with van der Waals surface area (Å²) >= 11 is 0. The normalized spacial score (nSPS) is 8.81. The topological polar surface area (TPSA) is 114 Å². The second-order valence-electron chi connectivity index (χ2n) is 7.17. The molecule has 4 aromatic rings. The van der Waals surface area contributed by atoms with Crippen molar-refractivity contribution >= 4 is 41.7 Å². The summed E-state index contributed by atoms with van der Waals surface area (Å²) in [5.74, 6) is 0. The summed E-state index contributed by atoms with van der Waals surface area (Å²) in [4.78, 5) is 29.4. The maximum atomic E-state index is 8.36. The maximum Gasteiger partial charge on any atom is 0.290 e. The number of nitrogens with zero attached hydrogens (tertiary/aromatic N) is 1. The molecule has 0 saturated heterocycles. The summed E-state index contributed by atoms with van der Waals surface area (Å²) in [6.07, 6.45) is 3.33. The summed E-state index contributed by atoms with van der Waals surface area (Å²) in [5, 5.41) is 17.7. The minimum Gasteiger partial charge on any atom is -0.483 e. The largest absolute Gasteiger partial charge is 0.483 e. The Morgan fingerprint density at radius 2 is 1.32 bits per heavy atom. The van der Waals surface area contributed by atoms with Crippen molar-refractivity contribution in [3.63, 3.8) is 0 Å². The smallest absolute Gasteiger partial charge is 0.290 e. The summed E-state index contributed by atoms with van der Waals surface area (Å²) in [7, 11) is 4.25. The van der Waals surface area contributed by atoms with Gasteiger partial charge in [-0.2, -0.15) is 0 Å². The van der Waals surface area contributed by atoms with Gasteiger partial charge in [-0.25, -0.2) is 4.98 Å². The number of carbonyl (C=O) groups excluding carboxylic acids is 2. The fraction of sp³-hybridized carbons (Fsp3) is 0.267. The van der Waals surface area contributed by atoms with Crippen molar-refractivity contribution in [1.82, 2.24) is 4.98 Å². The van der Waals surface area contributed by atoms with E-state index in [4.69, 9.17) is 29.6 Å². The molecule has 0 unspecified atom stereocenters. The highest BCUT2D eigenvalue weighted by molar-refractivity contribution is 6.11. The third-order valence-corrected chi connectivity index (χ3v) is 4.94. The van der Waals surface area contributed by atoms with Crippen molar-refractivity contribution in [2.45, 2.75) is 33.1 Å². The summed E-state index contributed by atoms with van der Waals surface area (Å²) in [6, 6.07) is 24.2. The third-order valence-electron chi connectivity index (χ3n) is 4.94. The first-order chi connectivity index (χ1) is 18.1. The lowest BCUT2D eigenvalue weighted by molar-refractivity contribution is -0.122. The zero-order valence-electron chi connectivity index (χ0n) is 22.4. The number of aromatic nitrogens is 1. The van der Waals surface area contributed by atoms with Crippen molar-refractivity contribution in [3.05, 3.63) is 77.9 Å². The molecule has 0 atom stereocenters. The van der Waals surface area contributed by atoms with Crippen molar-refractivity contribution in [2.24, 2.45) is 0 Å². The maximum absolute atomic E-state index is 8.36. The van der Waals surface area contributed by atoms with Crippen molar-refractivity contribution in [1.29, 1.82) is 0 Å². The van der Waals surface area contributed by atoms with Gasteiger partial charge in [-0.3, -0.25) is 4.79 Å². The van der Waals surface area contributed by atoms with E-state index in [1.54, 1.807) is 14.2 Å². The molecule has 0 radical (unpaired) electrons. The molecule has 2 N–H and O–H groups in total. The number of aliphatic hydroxyl groups is 1. The minimum absolute atomic E-state index is 0.250. The number of benzene rings is 3. The van der Waals surface area contributed by atoms with Gasteiger partial charge in [0.1, 0.15) is 13.6 Å². The van der Waals surface area contributed by atoms with Crippen LogP contribution in [0, 0.1) is 0 Å². The van der Waals surface area contributed by atoms with E-state index < -0.39 is 0 Å². The summed E-state index contributed by atoms with van der Waals surface area (Å²) in [6.45, 7) is 8.17. The number of fused-ring (bicyclic) bond motifs is 3. The van der Waals surface area contributed by atoms with Gasteiger partial charge in [0, 0.05) is 37.7 Å². The van der Waals surface area contributed by atoms with Crippen LogP contribution in [-0.4, -0.2) is 56.6 Å². The van der Waals surface area contributed by atoms with Crippen molar-refractivity contribution < 1.29 is 29.3 Å². The fourth-order valence-corrected chi connectivity index (χ4v) is 3.56. The van der Waals surface area contributed by atoms with E-state index in [1.165, 1.54) is 32.8 Å². The third kappa shape index (κ3) is 11.1. The summed E-state index contributed by atoms with van der Waals surface area (Å²) < 4.78 is 4.25. The molecule has 1 aromatic heterocycles. The Balaban J connectivity index is 0. The van der Waals surface area contributed by atoms with Crippen LogP contribution in [-0.2, 0) is 32.0 Å². The van der Waals surface area contributed by atoms with E-state index in [0.717, 1.165) is 37.6 Å². The van der Waals surface area contributed by atoms with Gasteiger partial charge in [0.05, 0.1) is 11.2 Å². The first kappa shape index (κ1) is 35.2. The van der Waals surface area contributed by atoms with Crippen molar-refractivity contribution in [3.8, 4) is 11.3 Å². The lowest BCUT2D eigenvalue weighted by Crippen LogP contribution is -1.92. The number of hydrogen-bond donors (Lipinski definition) is 2. The number of carbonyl (C=O) groups is 3. The molecule has 0 aliphatic rings. The molecule has 37 heavy (non-hydrogen) atoms. The zero-order valence-corrected chi connectivity index (χ0v) is 22.4. The van der Waals surface area contributed by atoms with E-state index in [-0.39, 0.29) is 6.47 Å². The molecule has 4 rings (SSSR count). The molecule has 1 heterocycles. The van der Waals surface area contributed by atoms with Gasteiger partial charge in [0.2, 0.25) is 0 Å². The number of methoxy groups -OCH3 is 1. The van der Waals surface area contributed by atoms with E-state index in [1.807, 2.05) is 13.6 Å². The molecule has 200 valence electrons. The predicted octanol–water partition coefficient (Wildman–Crippen LogP) is 5.77. The number of para-hydroxylation sites is 1. The van der Waals surface area contributed by atoms with Crippen LogP contribution in [0.3, 0.4) is 0 Å². The minimum atomic E-state index is -0.250. The number of ether oxygens (including phenoxy) is 1. The van der Waals surface area contributed by atoms with Crippen LogP contribution in [0.5, 0.6) is 0 Å². The van der Waals surface area contributed by atoms with Gasteiger partial charge in [0.15, 0.2) is 0 Å². The second kappa shape index (κ2) is 22.5. The highest BCUT2D eigenvalue weighted by Crippen LogP contribution is 2.33. The molecular weight excluding hydrogens is 470 g/mol. The molecule has 0 amide bonds. The number of rotatable bonds is 4. The van der Waals surface area contributed by atoms with Crippen LogP contribution in [0.1, 0.15) is 31.4 Å². The number of aryl methyl sites for hydroxylation is 2. The molecule has 0 bridgehead atoms. The first-order valence-electron chi connectivity index (χ1n) is 11.5. The predicted molar refractivity (Wildman–Crippen MR) is 152 cm³/mol. The van der Waals surface area contributed by atoms with Gasteiger partial charge < -0.3 is 24.5 Å². The number of aliphatic hydroxyl groups excluding tert-OH is 1. The molecule has 0 fully saturated rings. The highest BCUT2D eigenvalue weighted by atomic mass is 16.4. The second-order valence-corrected chi connectivity index (χ2v) is 7.17. The van der Waals surface area contributed by atoms with E-state index in [9.17, 15) is 0 Å². The number of pyridine rings is 1. The zero-order chi connectivity index (χ0) is 28.6. The Labute approximate surface area is 219 Å². The van der Waals surface area contributed by atoms with E-state index >= 15 is 0 Å². The van der Waals surface area contributed by atoms with Gasteiger partial charge in [0.25, 0.3) is 6.47 Å². The van der Waals surface area contributed by atoms with E-state index in [2.05, 4.69) is 85.3 Å². The number of carboxylic acid groups (broad SMARTS) is 1. The molecule has 0 saturated carbocycles. The van der Waals surface area contributed by atoms with Gasteiger partial charge in [-0.05, 0) is 41.5 Å². The van der Waals surface area contributed by atoms with Gasteiger partial charge in [-0.1, -0.05) is 74.9 Å². The van der Waals surface area contributed by atoms with Crippen LogP contribution in [0.2, 0.25) is 0 Å². The highest BCUT2D eigenvalue weighted by Gasteiger charge is 2.11. The quantitative estimate of drug-likeness (QED) is 0.265. The SMILES string of the molecule is C=O.C=O.CCCc1ccc2c(c1)c(-c1ccc(CC)cc1)nc1ccccc12.CO.COC.O=CO. The van der Waals surface area contributed by atoms with E-state index in [0.29, 0.717) is 0 Å². The monoisotopic (exact) mass is 509 g/mol. The Kier molecular flexibility index (Phi) is 21.4. The molecule has 3 aromatic carbocycles. The Hall–Kier alpha value is -3.94. The first-order valence-corrected chi connectivity index (χ1v) is 11.5. The molecular formula is C30H39NO6. The van der Waals surface area contributed by atoms with Crippen LogP contribution in [0.15, 0.2) is 66.7 Å². The van der Waals surface area contributed by atoms with Crippen LogP contribution in [0.25, 0.3) is 32.9 Å². The fourth-order valence-electron chi connectivity index (χ4n) is 3.56. The Morgan fingerprint density at radius 1 is 0.811 bits per heavy atom. The molecule has 0 aliphatic heterocycles. The molecule has 0 spiro atoms. The molecule has 7 heteroatoms. The molecule has 7 nitrogen and oxygen atoms in total. The molecule has 0 aliphatic carbocycles. The summed E-state index contributed by atoms with van der Waals surface area (Å²) in [5.41, 5.74) is 6.10. The average Bonchev–Trinajstić information content (AvgIpc) is 2.97. The van der Waals surface area contributed by atoms with Gasteiger partial charge in [-0.15, -0.1) is 0 Å². The van der Waals surface area contributed by atoms with Crippen LogP contribution < -0.4 is 0 Å². The average molecular weight is 510 g/mol. The number of hydrogen-bond acceptors (Lipinski definition) is 6.